The minimum atomic E-state index is -0.318. The molecule has 0 N–H and O–H groups in total. The highest BCUT2D eigenvalue weighted by Gasteiger charge is 2.15. The van der Waals surface area contributed by atoms with Gasteiger partial charge in [0.15, 0.2) is 0 Å². The average molecular weight is 292 g/mol. The molecule has 1 unspecified atom stereocenters. The Bertz CT molecular complexity index is 366. The van der Waals surface area contributed by atoms with Crippen molar-refractivity contribution in [1.82, 2.24) is 0 Å². The molecule has 4 heteroatoms. The van der Waals surface area contributed by atoms with Crippen LogP contribution in [0.25, 0.3) is 0 Å². The number of benzene rings is 1. The van der Waals surface area contributed by atoms with E-state index < -0.39 is 0 Å². The highest BCUT2D eigenvalue weighted by molar-refractivity contribution is 9.10. The first-order valence-corrected chi connectivity index (χ1v) is 5.81. The summed E-state index contributed by atoms with van der Waals surface area (Å²) in [5.41, 5.74) is 2.04. The quantitative estimate of drug-likeness (QED) is 0.632. The van der Waals surface area contributed by atoms with Crippen molar-refractivity contribution < 1.29 is 9.53 Å². The molecule has 0 heterocycles. The lowest BCUT2D eigenvalue weighted by Gasteiger charge is -2.08. The maximum atomic E-state index is 11.2. The van der Waals surface area contributed by atoms with Gasteiger partial charge in [-0.15, -0.1) is 0 Å². The number of alkyl halides is 1. The first-order chi connectivity index (χ1) is 7.04. The van der Waals surface area contributed by atoms with E-state index in [-0.39, 0.29) is 10.8 Å². The van der Waals surface area contributed by atoms with Gasteiger partial charge in [0.25, 0.3) is 0 Å². The second-order valence-corrected chi connectivity index (χ2v) is 4.79. The van der Waals surface area contributed by atoms with Crippen molar-refractivity contribution in [3.05, 3.63) is 34.3 Å². The summed E-state index contributed by atoms with van der Waals surface area (Å²) in [6, 6.07) is 5.77. The largest absolute Gasteiger partial charge is 0.468 e. The summed E-state index contributed by atoms with van der Waals surface area (Å²) in [6.07, 6.45) is 0.576. The summed E-state index contributed by atoms with van der Waals surface area (Å²) < 4.78 is 4.62. The minimum Gasteiger partial charge on any atom is -0.468 e. The lowest BCUT2D eigenvalue weighted by Crippen LogP contribution is -2.18. The predicted molar refractivity (Wildman–Crippen MR) is 64.6 cm³/mol. The van der Waals surface area contributed by atoms with E-state index in [9.17, 15) is 4.79 Å². The molecular formula is C11H12BrClO2. The average Bonchev–Trinajstić information content (AvgIpc) is 2.22. The minimum absolute atomic E-state index is 0.272. The molecule has 1 aromatic rings. The van der Waals surface area contributed by atoms with Crippen molar-refractivity contribution in [1.29, 1.82) is 0 Å². The third kappa shape index (κ3) is 3.50. The molecule has 1 rings (SSSR count). The van der Waals surface area contributed by atoms with Crippen molar-refractivity contribution >= 4 is 33.5 Å². The van der Waals surface area contributed by atoms with E-state index in [2.05, 4.69) is 20.7 Å². The van der Waals surface area contributed by atoms with Gasteiger partial charge in [0.2, 0.25) is 0 Å². The monoisotopic (exact) mass is 290 g/mol. The van der Waals surface area contributed by atoms with Gasteiger partial charge in [0.05, 0.1) is 7.11 Å². The van der Waals surface area contributed by atoms with E-state index in [1.807, 2.05) is 25.1 Å². The maximum Gasteiger partial charge on any atom is 0.319 e. The fraction of sp³-hybridized carbons (Fsp3) is 0.364. The van der Waals surface area contributed by atoms with Crippen LogP contribution in [-0.4, -0.2) is 17.9 Å². The van der Waals surface area contributed by atoms with Crippen LogP contribution in [0.15, 0.2) is 18.2 Å². The Morgan fingerprint density at radius 3 is 2.80 bits per heavy atom. The Hall–Kier alpha value is -0.540. The fourth-order valence-corrected chi connectivity index (χ4v) is 1.95. The van der Waals surface area contributed by atoms with Gasteiger partial charge in [0, 0.05) is 5.02 Å². The van der Waals surface area contributed by atoms with Crippen LogP contribution in [0.1, 0.15) is 11.1 Å². The normalized spacial score (nSPS) is 12.3. The number of hydrogen-bond acceptors (Lipinski definition) is 2. The van der Waals surface area contributed by atoms with Crippen molar-refractivity contribution in [2.45, 2.75) is 18.2 Å². The zero-order valence-electron chi connectivity index (χ0n) is 8.59. The molecule has 1 aromatic carbocycles. The highest BCUT2D eigenvalue weighted by Crippen LogP contribution is 2.19. The molecule has 2 nitrogen and oxygen atoms in total. The van der Waals surface area contributed by atoms with Gasteiger partial charge in [-0.1, -0.05) is 39.7 Å². The summed E-state index contributed by atoms with van der Waals surface area (Å²) in [6.45, 7) is 1.94. The van der Waals surface area contributed by atoms with E-state index in [0.29, 0.717) is 6.42 Å². The topological polar surface area (TPSA) is 26.3 Å². The zero-order chi connectivity index (χ0) is 11.4. The second kappa shape index (κ2) is 5.52. The Labute approximate surface area is 103 Å². The molecule has 0 radical (unpaired) electrons. The van der Waals surface area contributed by atoms with E-state index in [4.69, 9.17) is 11.6 Å². The van der Waals surface area contributed by atoms with Crippen LogP contribution in [0.5, 0.6) is 0 Å². The van der Waals surface area contributed by atoms with Gasteiger partial charge in [-0.25, -0.2) is 0 Å². The molecule has 0 amide bonds. The van der Waals surface area contributed by atoms with Crippen LogP contribution in [0.3, 0.4) is 0 Å². The van der Waals surface area contributed by atoms with Crippen LogP contribution >= 0.6 is 27.5 Å². The first kappa shape index (κ1) is 12.5. The summed E-state index contributed by atoms with van der Waals surface area (Å²) in [4.78, 5) is 10.8. The van der Waals surface area contributed by atoms with Gasteiger partial charge >= 0.3 is 5.97 Å². The summed E-state index contributed by atoms with van der Waals surface area (Å²) in [5.74, 6) is -0.272. The Balaban J connectivity index is 2.73. The van der Waals surface area contributed by atoms with Crippen LogP contribution in [-0.2, 0) is 16.0 Å². The number of aryl methyl sites for hydroxylation is 1. The standard InChI is InChI=1S/C11H12BrClO2/c1-7-3-4-8(6-10(7)13)5-9(12)11(14)15-2/h3-4,6,9H,5H2,1-2H3. The van der Waals surface area contributed by atoms with Crippen LogP contribution in [0, 0.1) is 6.92 Å². The predicted octanol–water partition coefficient (Wildman–Crippen LogP) is 3.13. The van der Waals surface area contributed by atoms with Gasteiger partial charge < -0.3 is 4.74 Å². The molecular weight excluding hydrogens is 279 g/mol. The van der Waals surface area contributed by atoms with Crippen molar-refractivity contribution in [3.63, 3.8) is 0 Å². The molecule has 0 aliphatic carbocycles. The summed E-state index contributed by atoms with van der Waals surface area (Å²) >= 11 is 9.24. The number of rotatable bonds is 3. The molecule has 0 spiro atoms. The molecule has 0 aliphatic rings. The number of carbonyl (C=O) groups is 1. The number of ether oxygens (including phenoxy) is 1. The smallest absolute Gasteiger partial charge is 0.319 e. The van der Waals surface area contributed by atoms with Gasteiger partial charge in [-0.2, -0.15) is 0 Å². The molecule has 1 atom stereocenters. The molecule has 15 heavy (non-hydrogen) atoms. The lowest BCUT2D eigenvalue weighted by atomic mass is 10.1. The Kier molecular flexibility index (Phi) is 4.61. The Morgan fingerprint density at radius 2 is 2.27 bits per heavy atom. The van der Waals surface area contributed by atoms with E-state index in [1.165, 1.54) is 7.11 Å². The molecule has 82 valence electrons. The van der Waals surface area contributed by atoms with Crippen molar-refractivity contribution in [3.8, 4) is 0 Å². The van der Waals surface area contributed by atoms with Crippen LogP contribution in [0.2, 0.25) is 5.02 Å². The van der Waals surface area contributed by atoms with Gasteiger partial charge in [-0.3, -0.25) is 4.79 Å². The molecule has 0 bridgehead atoms. The maximum absolute atomic E-state index is 11.2. The first-order valence-electron chi connectivity index (χ1n) is 4.51. The molecule has 0 saturated heterocycles. The van der Waals surface area contributed by atoms with E-state index >= 15 is 0 Å². The molecule has 0 saturated carbocycles. The zero-order valence-corrected chi connectivity index (χ0v) is 10.9. The highest BCUT2D eigenvalue weighted by atomic mass is 79.9. The number of methoxy groups -OCH3 is 1. The van der Waals surface area contributed by atoms with Crippen LogP contribution in [0.4, 0.5) is 0 Å². The molecule has 0 fully saturated rings. The SMILES string of the molecule is COC(=O)C(Br)Cc1ccc(C)c(Cl)c1. The van der Waals surface area contributed by atoms with E-state index in [1.54, 1.807) is 0 Å². The molecule has 0 aromatic heterocycles. The van der Waals surface area contributed by atoms with Gasteiger partial charge in [0.1, 0.15) is 4.83 Å². The number of hydrogen-bond donors (Lipinski definition) is 0. The lowest BCUT2D eigenvalue weighted by molar-refractivity contribution is -0.139. The summed E-state index contributed by atoms with van der Waals surface area (Å²) in [7, 11) is 1.37. The molecule has 0 aliphatic heterocycles. The van der Waals surface area contributed by atoms with Crippen molar-refractivity contribution in [2.75, 3.05) is 7.11 Å². The third-order valence-corrected chi connectivity index (χ3v) is 3.21. The van der Waals surface area contributed by atoms with E-state index in [0.717, 1.165) is 16.1 Å². The van der Waals surface area contributed by atoms with Gasteiger partial charge in [-0.05, 0) is 30.5 Å². The summed E-state index contributed by atoms with van der Waals surface area (Å²) in [5, 5.41) is 0.720. The van der Waals surface area contributed by atoms with Crippen molar-refractivity contribution in [2.24, 2.45) is 0 Å². The Morgan fingerprint density at radius 1 is 1.60 bits per heavy atom. The number of carbonyl (C=O) groups excluding carboxylic acids is 1. The second-order valence-electron chi connectivity index (χ2n) is 3.28. The third-order valence-electron chi connectivity index (χ3n) is 2.11. The fourth-order valence-electron chi connectivity index (χ4n) is 1.18. The number of esters is 1. The van der Waals surface area contributed by atoms with Crippen LogP contribution < -0.4 is 0 Å². The number of halogens is 2.